The minimum atomic E-state index is -4.92. The first-order chi connectivity index (χ1) is 15.2. The molecule has 32 heavy (non-hydrogen) atoms. The zero-order valence-electron chi connectivity index (χ0n) is 16.1. The number of ketones is 1. The Morgan fingerprint density at radius 1 is 1.25 bits per heavy atom. The standard InChI is InChI=1S/C19H13F5N4O3S/c1-30-11-7-9(4-5-10(11)31-17(20)21)14-13(15(29)12-3-2-6-32-12)16(19(22,23)24)27-18-25-8-26-28(14)18/h2-8,14,17H,1H3,(H,25,26,27)/t14-/m0/s1. The summed E-state index contributed by atoms with van der Waals surface area (Å²) in [6.45, 7) is -3.14. The summed E-state index contributed by atoms with van der Waals surface area (Å²) in [4.78, 5) is 17.1. The zero-order valence-corrected chi connectivity index (χ0v) is 16.9. The molecule has 13 heteroatoms. The van der Waals surface area contributed by atoms with Gasteiger partial charge in [0.05, 0.1) is 17.6 Å². The van der Waals surface area contributed by atoms with Crippen LogP contribution in [0.4, 0.5) is 27.9 Å². The van der Waals surface area contributed by atoms with Gasteiger partial charge in [-0.1, -0.05) is 12.1 Å². The lowest BCUT2D eigenvalue weighted by atomic mass is 9.91. The lowest BCUT2D eigenvalue weighted by molar-refractivity contribution is -0.0918. The van der Waals surface area contributed by atoms with E-state index in [0.717, 1.165) is 28.4 Å². The van der Waals surface area contributed by atoms with Crippen molar-refractivity contribution in [3.63, 3.8) is 0 Å². The van der Waals surface area contributed by atoms with E-state index >= 15 is 0 Å². The molecule has 0 unspecified atom stereocenters. The number of allylic oxidation sites excluding steroid dienone is 2. The highest BCUT2D eigenvalue weighted by Gasteiger charge is 2.46. The molecule has 0 saturated heterocycles. The number of methoxy groups -OCH3 is 1. The molecule has 0 bridgehead atoms. The van der Waals surface area contributed by atoms with Gasteiger partial charge in [-0.2, -0.15) is 32.0 Å². The van der Waals surface area contributed by atoms with Gasteiger partial charge in [0.2, 0.25) is 11.7 Å². The van der Waals surface area contributed by atoms with E-state index in [2.05, 4.69) is 20.1 Å². The molecular formula is C19H13F5N4O3S. The summed E-state index contributed by atoms with van der Waals surface area (Å²) in [6, 6.07) is 5.18. The number of Topliss-reactive ketones (excluding diaryl/α,β-unsaturated/α-hetero) is 1. The van der Waals surface area contributed by atoms with Gasteiger partial charge in [-0.25, -0.2) is 4.68 Å². The number of alkyl halides is 5. The fourth-order valence-corrected chi connectivity index (χ4v) is 4.00. The van der Waals surface area contributed by atoms with Gasteiger partial charge in [0.1, 0.15) is 18.1 Å². The second kappa shape index (κ2) is 8.22. The number of carbonyl (C=O) groups excluding carboxylic acids is 1. The van der Waals surface area contributed by atoms with Crippen LogP contribution in [0.25, 0.3) is 0 Å². The van der Waals surface area contributed by atoms with Crippen LogP contribution in [-0.2, 0) is 0 Å². The number of hydrogen-bond acceptors (Lipinski definition) is 7. The Hall–Kier alpha value is -3.48. The smallest absolute Gasteiger partial charge is 0.431 e. The minimum absolute atomic E-state index is 0.0849. The van der Waals surface area contributed by atoms with Crippen LogP contribution < -0.4 is 14.8 Å². The maximum absolute atomic E-state index is 14.0. The van der Waals surface area contributed by atoms with Crippen LogP contribution in [0.5, 0.6) is 11.5 Å². The van der Waals surface area contributed by atoms with Crippen molar-refractivity contribution in [2.45, 2.75) is 18.8 Å². The second-order valence-corrected chi connectivity index (χ2v) is 7.39. The summed E-state index contributed by atoms with van der Waals surface area (Å²) in [6.07, 6.45) is -3.88. The van der Waals surface area contributed by atoms with Gasteiger partial charge in [-0.15, -0.1) is 11.3 Å². The van der Waals surface area contributed by atoms with Gasteiger partial charge < -0.3 is 14.8 Å². The minimum Gasteiger partial charge on any atom is -0.493 e. The molecule has 168 valence electrons. The topological polar surface area (TPSA) is 78.3 Å². The number of halogens is 5. The molecule has 7 nitrogen and oxygen atoms in total. The van der Waals surface area contributed by atoms with Gasteiger partial charge in [0, 0.05) is 0 Å². The number of rotatable bonds is 6. The third kappa shape index (κ3) is 3.90. The predicted molar refractivity (Wildman–Crippen MR) is 103 cm³/mol. The average molecular weight is 472 g/mol. The monoisotopic (exact) mass is 472 g/mol. The Morgan fingerprint density at radius 3 is 2.66 bits per heavy atom. The third-order valence-electron chi connectivity index (χ3n) is 4.59. The van der Waals surface area contributed by atoms with Crippen LogP contribution >= 0.6 is 11.3 Å². The van der Waals surface area contributed by atoms with Crippen molar-refractivity contribution in [1.29, 1.82) is 0 Å². The maximum Gasteiger partial charge on any atom is 0.431 e. The summed E-state index contributed by atoms with van der Waals surface area (Å²) in [7, 11) is 1.19. The summed E-state index contributed by atoms with van der Waals surface area (Å²) < 4.78 is 77.8. The van der Waals surface area contributed by atoms with E-state index < -0.39 is 35.9 Å². The van der Waals surface area contributed by atoms with Crippen LogP contribution in [-0.4, -0.2) is 40.4 Å². The molecule has 1 aliphatic heterocycles. The third-order valence-corrected chi connectivity index (χ3v) is 5.46. The maximum atomic E-state index is 14.0. The number of thiophene rings is 1. The molecule has 0 spiro atoms. The van der Waals surface area contributed by atoms with Gasteiger partial charge in [-0.3, -0.25) is 4.79 Å². The van der Waals surface area contributed by atoms with Crippen molar-refractivity contribution in [2.75, 3.05) is 12.4 Å². The Kier molecular flexibility index (Phi) is 5.59. The fourth-order valence-electron chi connectivity index (χ4n) is 3.32. The number of anilines is 1. The normalized spacial score (nSPS) is 16.0. The Labute approximate surface area is 181 Å². The molecule has 0 fully saturated rings. The van der Waals surface area contributed by atoms with Gasteiger partial charge >= 0.3 is 12.8 Å². The molecule has 0 radical (unpaired) electrons. The van der Waals surface area contributed by atoms with E-state index in [1.807, 2.05) is 0 Å². The molecule has 1 atom stereocenters. The molecular weight excluding hydrogens is 459 g/mol. The van der Waals surface area contributed by atoms with E-state index in [1.54, 1.807) is 5.38 Å². The molecule has 4 rings (SSSR count). The number of nitrogens with one attached hydrogen (secondary N) is 1. The summed E-state index contributed by atoms with van der Waals surface area (Å²) in [5.74, 6) is -1.57. The van der Waals surface area contributed by atoms with Gasteiger partial charge in [0.25, 0.3) is 0 Å². The van der Waals surface area contributed by atoms with Crippen molar-refractivity contribution >= 4 is 23.1 Å². The first kappa shape index (κ1) is 21.7. The van der Waals surface area contributed by atoms with Crippen LogP contribution in [0.3, 0.4) is 0 Å². The van der Waals surface area contributed by atoms with Crippen LogP contribution in [0.2, 0.25) is 0 Å². The van der Waals surface area contributed by atoms with Gasteiger partial charge in [0.15, 0.2) is 11.5 Å². The number of benzene rings is 1. The molecule has 0 aliphatic carbocycles. The van der Waals surface area contributed by atoms with E-state index in [1.165, 1.54) is 31.4 Å². The summed E-state index contributed by atoms with van der Waals surface area (Å²) >= 11 is 0.983. The zero-order chi connectivity index (χ0) is 23.0. The SMILES string of the molecule is COc1cc([C@H]2C(C(=O)c3cccs3)=C(C(F)(F)F)Nc3ncnn32)ccc1OC(F)F. The van der Waals surface area contributed by atoms with Crippen molar-refractivity contribution in [2.24, 2.45) is 0 Å². The highest BCUT2D eigenvalue weighted by molar-refractivity contribution is 7.12. The molecule has 3 aromatic rings. The average Bonchev–Trinajstić information content (AvgIpc) is 3.43. The second-order valence-electron chi connectivity index (χ2n) is 6.44. The number of carbonyl (C=O) groups is 1. The summed E-state index contributed by atoms with van der Waals surface area (Å²) in [5.41, 5.74) is -1.78. The lowest BCUT2D eigenvalue weighted by Crippen LogP contribution is -2.35. The van der Waals surface area contributed by atoms with Gasteiger partial charge in [-0.05, 0) is 29.1 Å². The largest absolute Gasteiger partial charge is 0.493 e. The van der Waals surface area contributed by atoms with E-state index in [9.17, 15) is 26.7 Å². The van der Waals surface area contributed by atoms with E-state index in [4.69, 9.17) is 4.74 Å². The highest BCUT2D eigenvalue weighted by atomic mass is 32.1. The molecule has 3 heterocycles. The van der Waals surface area contributed by atoms with Crippen molar-refractivity contribution < 1.29 is 36.2 Å². The quantitative estimate of drug-likeness (QED) is 0.415. The number of hydrogen-bond donors (Lipinski definition) is 1. The van der Waals surface area contributed by atoms with E-state index in [-0.39, 0.29) is 27.9 Å². The fraction of sp³-hybridized carbons (Fsp3) is 0.211. The van der Waals surface area contributed by atoms with Crippen molar-refractivity contribution in [3.05, 3.63) is 63.7 Å². The van der Waals surface area contributed by atoms with Crippen LogP contribution in [0.1, 0.15) is 21.3 Å². The lowest BCUT2D eigenvalue weighted by Gasteiger charge is -2.30. The predicted octanol–water partition coefficient (Wildman–Crippen LogP) is 4.66. The molecule has 1 aliphatic rings. The molecule has 2 aromatic heterocycles. The number of ether oxygens (including phenoxy) is 2. The first-order valence-corrected chi connectivity index (χ1v) is 9.77. The van der Waals surface area contributed by atoms with Crippen molar-refractivity contribution in [1.82, 2.24) is 14.8 Å². The Balaban J connectivity index is 1.93. The van der Waals surface area contributed by atoms with Crippen LogP contribution in [0, 0.1) is 0 Å². The molecule has 1 N–H and O–H groups in total. The number of nitrogens with zero attached hydrogens (tertiary/aromatic N) is 3. The molecule has 1 aromatic carbocycles. The Bertz CT molecular complexity index is 1170. The van der Waals surface area contributed by atoms with E-state index in [0.29, 0.717) is 0 Å². The molecule has 0 saturated carbocycles. The number of aromatic nitrogens is 3. The first-order valence-electron chi connectivity index (χ1n) is 8.89. The number of fused-ring (bicyclic) bond motifs is 1. The highest BCUT2D eigenvalue weighted by Crippen LogP contribution is 2.44. The van der Waals surface area contributed by atoms with Crippen LogP contribution in [0.15, 0.2) is 53.3 Å². The Morgan fingerprint density at radius 2 is 2.03 bits per heavy atom. The van der Waals surface area contributed by atoms with Crippen molar-refractivity contribution in [3.8, 4) is 11.5 Å². The summed E-state index contributed by atoms with van der Waals surface area (Å²) in [5, 5.41) is 7.68. The molecule has 0 amide bonds.